The van der Waals surface area contributed by atoms with Crippen molar-refractivity contribution in [2.75, 3.05) is 13.2 Å². The average molecular weight is 625 g/mol. The van der Waals surface area contributed by atoms with Crippen molar-refractivity contribution in [1.82, 2.24) is 0 Å². The zero-order valence-electron chi connectivity index (χ0n) is 23.2. The first-order chi connectivity index (χ1) is 19.6. The van der Waals surface area contributed by atoms with Crippen LogP contribution in [0.5, 0.6) is 0 Å². The summed E-state index contributed by atoms with van der Waals surface area (Å²) in [6.45, 7) is 2.55. The highest BCUT2D eigenvalue weighted by molar-refractivity contribution is 7.86. The number of hydrogen-bond donors (Lipinski definition) is 1. The van der Waals surface area contributed by atoms with Crippen LogP contribution in [0.2, 0.25) is 0 Å². The smallest absolute Gasteiger partial charge is 0.405 e. The second-order valence-corrected chi connectivity index (χ2v) is 13.4. The maximum Gasteiger partial charge on any atom is 0.405 e. The van der Waals surface area contributed by atoms with E-state index in [-0.39, 0.29) is 24.0 Å². The predicted octanol–water partition coefficient (Wildman–Crippen LogP) is 1.41. The van der Waals surface area contributed by atoms with Crippen molar-refractivity contribution in [3.8, 4) is 0 Å². The van der Waals surface area contributed by atoms with E-state index in [0.29, 0.717) is 19.8 Å². The Kier molecular flexibility index (Phi) is 8.07. The molecule has 0 amide bonds. The van der Waals surface area contributed by atoms with Crippen molar-refractivity contribution >= 4 is 34.0 Å². The van der Waals surface area contributed by atoms with Crippen LogP contribution in [0, 0.1) is 29.6 Å². The van der Waals surface area contributed by atoms with Gasteiger partial charge in [0.05, 0.1) is 24.0 Å². The van der Waals surface area contributed by atoms with Crippen LogP contribution in [-0.2, 0) is 57.7 Å². The van der Waals surface area contributed by atoms with Crippen LogP contribution >= 0.6 is 0 Å². The van der Waals surface area contributed by atoms with Gasteiger partial charge in [0.15, 0.2) is 6.10 Å². The number of fused-ring (bicyclic) bond motifs is 3. The standard InChI is InChI=1S/C26H34F2O13S/c1-4-25(3,15-7-12-5-6-16(15)38-12)41-24(32)20-14-8-13-19(20)23(31)40-22(13)21(14)39-18(30)10-36-9-17(29)37-11(2)26(27,28)42(33,34)35/h11-16,19-22H,4-10H2,1-3H3,(H,33,34,35). The zero-order chi connectivity index (χ0) is 30.8. The summed E-state index contributed by atoms with van der Waals surface area (Å²) in [4.78, 5) is 50.6. The van der Waals surface area contributed by atoms with Gasteiger partial charge in [-0.25, -0.2) is 9.59 Å². The Bertz CT molecular complexity index is 1240. The van der Waals surface area contributed by atoms with Gasteiger partial charge in [-0.3, -0.25) is 14.1 Å². The van der Waals surface area contributed by atoms with E-state index in [2.05, 4.69) is 4.74 Å². The number of ether oxygens (including phenoxy) is 6. The summed E-state index contributed by atoms with van der Waals surface area (Å²) in [5.74, 6) is -5.91. The second-order valence-electron chi connectivity index (χ2n) is 11.9. The Morgan fingerprint density at radius 2 is 1.81 bits per heavy atom. The molecule has 5 aliphatic rings. The molecular weight excluding hydrogens is 590 g/mol. The summed E-state index contributed by atoms with van der Waals surface area (Å²) >= 11 is 0. The number of halogens is 2. The van der Waals surface area contributed by atoms with E-state index < -0.39 is 94.1 Å². The van der Waals surface area contributed by atoms with Crippen LogP contribution in [0.3, 0.4) is 0 Å². The van der Waals surface area contributed by atoms with E-state index in [1.807, 2.05) is 13.8 Å². The summed E-state index contributed by atoms with van der Waals surface area (Å²) in [5.41, 5.74) is -0.794. The SMILES string of the molecule is CCC(C)(OC(=O)C1C2CC3C(OC(=O)C31)C2OC(=O)COCC(=O)OC(C)C(F)(F)S(=O)(=O)O)C1CC2CCC1O2. The highest BCUT2D eigenvalue weighted by atomic mass is 32.2. The third kappa shape index (κ3) is 5.28. The molecule has 2 aliphatic carbocycles. The Hall–Kier alpha value is -2.43. The molecule has 2 saturated carbocycles. The summed E-state index contributed by atoms with van der Waals surface area (Å²) in [6, 6.07) is 0. The molecule has 0 aromatic heterocycles. The molecular formula is C26H34F2O13S. The molecule has 4 bridgehead atoms. The first kappa shape index (κ1) is 31.0. The number of alkyl halides is 2. The first-order valence-corrected chi connectivity index (χ1v) is 15.4. The Morgan fingerprint density at radius 3 is 2.40 bits per heavy atom. The zero-order valence-corrected chi connectivity index (χ0v) is 24.1. The van der Waals surface area contributed by atoms with Gasteiger partial charge in [-0.1, -0.05) is 6.92 Å². The van der Waals surface area contributed by atoms with Gasteiger partial charge in [0.1, 0.15) is 31.0 Å². The van der Waals surface area contributed by atoms with Gasteiger partial charge in [-0.15, -0.1) is 0 Å². The topological polar surface area (TPSA) is 178 Å². The van der Waals surface area contributed by atoms with Gasteiger partial charge in [0, 0.05) is 17.8 Å². The molecule has 13 nitrogen and oxygen atoms in total. The average Bonchev–Trinajstić information content (AvgIpc) is 3.71. The van der Waals surface area contributed by atoms with Crippen molar-refractivity contribution in [2.45, 2.75) is 94.3 Å². The van der Waals surface area contributed by atoms with E-state index >= 15 is 0 Å². The molecule has 0 spiro atoms. The van der Waals surface area contributed by atoms with Gasteiger partial charge in [-0.2, -0.15) is 17.2 Å². The quantitative estimate of drug-likeness (QED) is 0.187. The lowest BCUT2D eigenvalue weighted by molar-refractivity contribution is -0.182. The van der Waals surface area contributed by atoms with Gasteiger partial charge >= 0.3 is 39.2 Å². The van der Waals surface area contributed by atoms with Crippen LogP contribution in [0.1, 0.15) is 52.9 Å². The van der Waals surface area contributed by atoms with E-state index in [0.717, 1.165) is 19.3 Å². The maximum absolute atomic E-state index is 13.6. The van der Waals surface area contributed by atoms with Crippen molar-refractivity contribution in [1.29, 1.82) is 0 Å². The molecule has 0 aromatic rings. The van der Waals surface area contributed by atoms with Gasteiger partial charge in [0.2, 0.25) is 0 Å². The number of esters is 4. The highest BCUT2D eigenvalue weighted by Gasteiger charge is 2.70. The van der Waals surface area contributed by atoms with Crippen molar-refractivity contribution in [3.63, 3.8) is 0 Å². The Labute approximate surface area is 240 Å². The van der Waals surface area contributed by atoms with Crippen LogP contribution in [-0.4, -0.2) is 91.4 Å². The Balaban J connectivity index is 1.16. The molecule has 3 heterocycles. The molecule has 236 valence electrons. The fraction of sp³-hybridized carbons (Fsp3) is 0.846. The number of carbonyl (C=O) groups excluding carboxylic acids is 4. The fourth-order valence-corrected chi connectivity index (χ4v) is 7.84. The molecule has 0 radical (unpaired) electrons. The summed E-state index contributed by atoms with van der Waals surface area (Å²) in [5, 5.41) is -4.75. The van der Waals surface area contributed by atoms with Crippen LogP contribution < -0.4 is 0 Å². The largest absolute Gasteiger partial charge is 0.459 e. The monoisotopic (exact) mass is 624 g/mol. The van der Waals surface area contributed by atoms with E-state index in [1.165, 1.54) is 0 Å². The molecule has 5 fully saturated rings. The van der Waals surface area contributed by atoms with Gasteiger partial charge in [0.25, 0.3) is 0 Å². The number of rotatable bonds is 12. The normalized spacial score (nSPS) is 36.8. The summed E-state index contributed by atoms with van der Waals surface area (Å²) < 4.78 is 89.4. The minimum atomic E-state index is -5.84. The lowest BCUT2D eigenvalue weighted by Crippen LogP contribution is -2.49. The molecule has 11 atom stereocenters. The second kappa shape index (κ2) is 10.9. The van der Waals surface area contributed by atoms with Crippen LogP contribution in [0.15, 0.2) is 0 Å². The number of hydrogen-bond acceptors (Lipinski definition) is 12. The van der Waals surface area contributed by atoms with Gasteiger partial charge in [-0.05, 0) is 46.0 Å². The summed E-state index contributed by atoms with van der Waals surface area (Å²) in [6.07, 6.45) is -0.409. The first-order valence-electron chi connectivity index (χ1n) is 14.0. The minimum Gasteiger partial charge on any atom is -0.459 e. The molecule has 0 aromatic carbocycles. The molecule has 11 unspecified atom stereocenters. The number of carbonyl (C=O) groups is 4. The summed E-state index contributed by atoms with van der Waals surface area (Å²) in [7, 11) is -5.84. The van der Waals surface area contributed by atoms with Crippen molar-refractivity contribution < 1.29 is 69.4 Å². The van der Waals surface area contributed by atoms with E-state index in [4.69, 9.17) is 28.2 Å². The minimum absolute atomic E-state index is 0.0157. The lowest BCUT2D eigenvalue weighted by Gasteiger charge is -2.39. The highest BCUT2D eigenvalue weighted by Crippen LogP contribution is 2.59. The van der Waals surface area contributed by atoms with Crippen molar-refractivity contribution in [3.05, 3.63) is 0 Å². The van der Waals surface area contributed by atoms with Crippen LogP contribution in [0.25, 0.3) is 0 Å². The van der Waals surface area contributed by atoms with Gasteiger partial charge < -0.3 is 28.4 Å². The fourth-order valence-electron chi connectivity index (χ4n) is 7.37. The van der Waals surface area contributed by atoms with Crippen LogP contribution in [0.4, 0.5) is 8.78 Å². The van der Waals surface area contributed by atoms with E-state index in [1.54, 1.807) is 0 Å². The van der Waals surface area contributed by atoms with Crippen molar-refractivity contribution in [2.24, 2.45) is 29.6 Å². The molecule has 5 rings (SSSR count). The third-order valence-electron chi connectivity index (χ3n) is 9.58. The predicted molar refractivity (Wildman–Crippen MR) is 132 cm³/mol. The molecule has 3 aliphatic heterocycles. The van der Waals surface area contributed by atoms with E-state index in [9.17, 15) is 36.4 Å². The molecule has 16 heteroatoms. The Morgan fingerprint density at radius 1 is 1.12 bits per heavy atom. The molecule has 3 saturated heterocycles. The molecule has 1 N–H and O–H groups in total. The molecule has 42 heavy (non-hydrogen) atoms. The maximum atomic E-state index is 13.6. The third-order valence-corrected chi connectivity index (χ3v) is 10.6. The lowest BCUT2D eigenvalue weighted by atomic mass is 9.75.